The van der Waals surface area contributed by atoms with Crippen LogP contribution in [0.25, 0.3) is 0 Å². The molecule has 0 saturated carbocycles. The molecule has 0 aliphatic carbocycles. The summed E-state index contributed by atoms with van der Waals surface area (Å²) in [6.07, 6.45) is -1.56. The van der Waals surface area contributed by atoms with Gasteiger partial charge in [0.15, 0.2) is 6.10 Å². The Morgan fingerprint density at radius 3 is 2.23 bits per heavy atom. The first kappa shape index (κ1) is 21.1. The van der Waals surface area contributed by atoms with Crippen molar-refractivity contribution < 1.29 is 28.7 Å². The molecule has 1 aromatic rings. The first-order valence-corrected chi connectivity index (χ1v) is 8.25. The number of alkyl carbamates (subject to hydrolysis) is 1. The Hall–Kier alpha value is -2.90. The molecule has 2 N–H and O–H groups in total. The van der Waals surface area contributed by atoms with Crippen LogP contribution < -0.4 is 10.6 Å². The number of esters is 1. The molecule has 0 aromatic heterocycles. The van der Waals surface area contributed by atoms with Gasteiger partial charge in [0, 0.05) is 5.56 Å². The maximum absolute atomic E-state index is 12.4. The minimum Gasteiger partial charge on any atom is -0.453 e. The summed E-state index contributed by atoms with van der Waals surface area (Å²) in [5.74, 6) is -2.20. The highest BCUT2D eigenvalue weighted by atomic mass is 16.6. The fraction of sp³-hybridized carbons (Fsp3) is 0.444. The van der Waals surface area contributed by atoms with Crippen molar-refractivity contribution in [2.45, 2.75) is 39.3 Å². The largest absolute Gasteiger partial charge is 0.453 e. The summed E-state index contributed by atoms with van der Waals surface area (Å²) in [5.41, 5.74) is 0.407. The van der Waals surface area contributed by atoms with Crippen LogP contribution in [0.5, 0.6) is 0 Å². The summed E-state index contributed by atoms with van der Waals surface area (Å²) in [4.78, 5) is 47.6. The van der Waals surface area contributed by atoms with Crippen LogP contribution in [-0.2, 0) is 19.1 Å². The molecule has 1 rings (SSSR count). The molecule has 0 heterocycles. The van der Waals surface area contributed by atoms with Gasteiger partial charge in [-0.2, -0.15) is 0 Å². The molecule has 8 nitrogen and oxygen atoms in total. The van der Waals surface area contributed by atoms with Crippen molar-refractivity contribution in [1.82, 2.24) is 10.6 Å². The molecular weight excluding hydrogens is 340 g/mol. The topological polar surface area (TPSA) is 111 Å². The summed E-state index contributed by atoms with van der Waals surface area (Å²) < 4.78 is 9.42. The van der Waals surface area contributed by atoms with Crippen molar-refractivity contribution in [2.24, 2.45) is 5.92 Å². The number of imide groups is 1. The van der Waals surface area contributed by atoms with Crippen molar-refractivity contribution in [3.8, 4) is 0 Å². The zero-order valence-corrected chi connectivity index (χ0v) is 15.3. The fourth-order valence-electron chi connectivity index (χ4n) is 2.04. The van der Waals surface area contributed by atoms with E-state index in [1.165, 1.54) is 6.92 Å². The number of ether oxygens (including phenoxy) is 2. The van der Waals surface area contributed by atoms with Gasteiger partial charge in [-0.25, -0.2) is 9.59 Å². The zero-order chi connectivity index (χ0) is 19.7. The Morgan fingerprint density at radius 1 is 1.08 bits per heavy atom. The standard InChI is InChI=1S/C18H24N2O6/c1-5-11(2)14(19-16(22)13-9-7-6-8-10-13)17(23)26-12(3)15(21)20-18(24)25-4/h6-12,14H,5H2,1-4H3,(H,19,22)(H,20,21,24)/t11-,12-,14-/m0/s1. The maximum Gasteiger partial charge on any atom is 0.413 e. The van der Waals surface area contributed by atoms with E-state index in [4.69, 9.17) is 4.74 Å². The van der Waals surface area contributed by atoms with Crippen LogP contribution in [0.4, 0.5) is 4.79 Å². The highest BCUT2D eigenvalue weighted by Crippen LogP contribution is 2.12. The Morgan fingerprint density at radius 2 is 1.69 bits per heavy atom. The second-order valence-electron chi connectivity index (χ2n) is 5.76. The molecule has 3 amide bonds. The Labute approximate surface area is 152 Å². The summed E-state index contributed by atoms with van der Waals surface area (Å²) in [6.45, 7) is 4.98. The number of hydrogen-bond donors (Lipinski definition) is 2. The van der Waals surface area contributed by atoms with E-state index in [1.54, 1.807) is 37.3 Å². The van der Waals surface area contributed by atoms with Crippen molar-refractivity contribution in [2.75, 3.05) is 7.11 Å². The van der Waals surface area contributed by atoms with Crippen LogP contribution in [0.1, 0.15) is 37.6 Å². The first-order valence-electron chi connectivity index (χ1n) is 8.25. The lowest BCUT2D eigenvalue weighted by Crippen LogP contribution is -2.48. The van der Waals surface area contributed by atoms with Crippen LogP contribution in [0.2, 0.25) is 0 Å². The molecule has 3 atom stereocenters. The number of rotatable bonds is 7. The number of carbonyl (C=O) groups excluding carboxylic acids is 4. The number of hydrogen-bond acceptors (Lipinski definition) is 6. The number of methoxy groups -OCH3 is 1. The van der Waals surface area contributed by atoms with Crippen LogP contribution in [0.15, 0.2) is 30.3 Å². The lowest BCUT2D eigenvalue weighted by molar-refractivity contribution is -0.157. The SMILES string of the molecule is CC[C@H](C)[C@H](NC(=O)c1ccccc1)C(=O)O[C@@H](C)C(=O)NC(=O)OC. The molecule has 0 fully saturated rings. The van der Waals surface area contributed by atoms with Crippen LogP contribution in [0, 0.1) is 5.92 Å². The summed E-state index contributed by atoms with van der Waals surface area (Å²) in [6, 6.07) is 7.52. The van der Waals surface area contributed by atoms with Gasteiger partial charge < -0.3 is 14.8 Å². The van der Waals surface area contributed by atoms with Gasteiger partial charge in [0.2, 0.25) is 0 Å². The minimum absolute atomic E-state index is 0.217. The molecule has 0 unspecified atom stereocenters. The van der Waals surface area contributed by atoms with Crippen LogP contribution in [0.3, 0.4) is 0 Å². The lowest BCUT2D eigenvalue weighted by atomic mass is 9.98. The third kappa shape index (κ3) is 6.19. The summed E-state index contributed by atoms with van der Waals surface area (Å²) in [5, 5.41) is 4.56. The molecule has 0 saturated heterocycles. The normalized spacial score (nSPS) is 13.7. The smallest absolute Gasteiger partial charge is 0.413 e. The minimum atomic E-state index is -1.22. The van der Waals surface area contributed by atoms with Gasteiger partial charge in [-0.15, -0.1) is 0 Å². The molecule has 0 aliphatic rings. The van der Waals surface area contributed by atoms with E-state index in [9.17, 15) is 19.2 Å². The van der Waals surface area contributed by atoms with E-state index in [1.807, 2.05) is 12.2 Å². The predicted molar refractivity (Wildman–Crippen MR) is 93.3 cm³/mol. The molecule has 0 aliphatic heterocycles. The van der Waals surface area contributed by atoms with Crippen LogP contribution in [-0.4, -0.2) is 43.1 Å². The Bertz CT molecular complexity index is 646. The van der Waals surface area contributed by atoms with Gasteiger partial charge in [-0.05, 0) is 25.0 Å². The van der Waals surface area contributed by atoms with E-state index in [0.717, 1.165) is 7.11 Å². The van der Waals surface area contributed by atoms with Gasteiger partial charge in [-0.1, -0.05) is 38.5 Å². The number of amides is 3. The van der Waals surface area contributed by atoms with Gasteiger partial charge in [0.25, 0.3) is 11.8 Å². The summed E-state index contributed by atoms with van der Waals surface area (Å²) in [7, 11) is 1.11. The zero-order valence-electron chi connectivity index (χ0n) is 15.3. The third-order valence-electron chi connectivity index (χ3n) is 3.86. The van der Waals surface area contributed by atoms with E-state index >= 15 is 0 Å². The van der Waals surface area contributed by atoms with Gasteiger partial charge in [-0.3, -0.25) is 14.9 Å². The van der Waals surface area contributed by atoms with E-state index in [0.29, 0.717) is 12.0 Å². The monoisotopic (exact) mass is 364 g/mol. The molecule has 142 valence electrons. The number of benzene rings is 1. The summed E-state index contributed by atoms with van der Waals surface area (Å²) >= 11 is 0. The second kappa shape index (κ2) is 10.2. The predicted octanol–water partition coefficient (Wildman–Crippen LogP) is 1.65. The van der Waals surface area contributed by atoms with Crippen LogP contribution >= 0.6 is 0 Å². The quantitative estimate of drug-likeness (QED) is 0.712. The molecule has 1 aromatic carbocycles. The van der Waals surface area contributed by atoms with Crippen molar-refractivity contribution in [3.05, 3.63) is 35.9 Å². The van der Waals surface area contributed by atoms with Gasteiger partial charge in [0.05, 0.1) is 7.11 Å². The molecule has 0 spiro atoms. The molecule has 0 bridgehead atoms. The third-order valence-corrected chi connectivity index (χ3v) is 3.86. The maximum atomic E-state index is 12.4. The van der Waals surface area contributed by atoms with E-state index in [-0.39, 0.29) is 5.92 Å². The van der Waals surface area contributed by atoms with E-state index in [2.05, 4.69) is 10.1 Å². The molecule has 0 radical (unpaired) electrons. The average molecular weight is 364 g/mol. The van der Waals surface area contributed by atoms with E-state index < -0.39 is 36.0 Å². The fourth-order valence-corrected chi connectivity index (χ4v) is 2.04. The Kier molecular flexibility index (Phi) is 8.27. The Balaban J connectivity index is 2.79. The highest BCUT2D eigenvalue weighted by Gasteiger charge is 2.30. The van der Waals surface area contributed by atoms with Gasteiger partial charge in [0.1, 0.15) is 6.04 Å². The lowest BCUT2D eigenvalue weighted by Gasteiger charge is -2.24. The van der Waals surface area contributed by atoms with Crippen molar-refractivity contribution in [1.29, 1.82) is 0 Å². The van der Waals surface area contributed by atoms with Crippen molar-refractivity contribution >= 4 is 23.9 Å². The van der Waals surface area contributed by atoms with Gasteiger partial charge >= 0.3 is 12.1 Å². The molecular formula is C18H24N2O6. The highest BCUT2D eigenvalue weighted by molar-refractivity contribution is 5.98. The molecule has 8 heteroatoms. The van der Waals surface area contributed by atoms with Crippen molar-refractivity contribution in [3.63, 3.8) is 0 Å². The first-order chi connectivity index (χ1) is 12.3. The number of carbonyl (C=O) groups is 4. The number of nitrogens with one attached hydrogen (secondary N) is 2. The molecule has 26 heavy (non-hydrogen) atoms. The average Bonchev–Trinajstić information content (AvgIpc) is 2.65. The second-order valence-corrected chi connectivity index (χ2v) is 5.76.